The summed E-state index contributed by atoms with van der Waals surface area (Å²) in [6.45, 7) is 6.26. The number of carbonyl (C=O) groups excluding carboxylic acids is 1. The normalized spacial score (nSPS) is 11.3. The molecule has 0 unspecified atom stereocenters. The lowest BCUT2D eigenvalue weighted by molar-refractivity contribution is 0.102. The molecule has 0 atom stereocenters. The maximum atomic E-state index is 12.5. The Kier molecular flexibility index (Phi) is 5.48. The predicted octanol–water partition coefficient (Wildman–Crippen LogP) is 4.83. The third-order valence-electron chi connectivity index (χ3n) is 3.86. The van der Waals surface area contributed by atoms with Crippen LogP contribution in [0, 0.1) is 0 Å². The van der Waals surface area contributed by atoms with Gasteiger partial charge in [-0.1, -0.05) is 26.8 Å². The quantitative estimate of drug-likeness (QED) is 0.660. The highest BCUT2D eigenvalue weighted by molar-refractivity contribution is 7.14. The van der Waals surface area contributed by atoms with Crippen LogP contribution in [0.1, 0.15) is 37.0 Å². The summed E-state index contributed by atoms with van der Waals surface area (Å²) in [4.78, 5) is 21.5. The molecule has 3 rings (SSSR count). The second kappa shape index (κ2) is 7.66. The van der Waals surface area contributed by atoms with Gasteiger partial charge in [-0.2, -0.15) is 0 Å². The van der Waals surface area contributed by atoms with Crippen LogP contribution < -0.4 is 14.8 Å². The van der Waals surface area contributed by atoms with Crippen LogP contribution in [-0.2, 0) is 5.41 Å². The topological polar surface area (TPSA) is 73.3 Å². The Labute approximate surface area is 166 Å². The maximum absolute atomic E-state index is 12.5. The number of thiazole rings is 2. The van der Waals surface area contributed by atoms with Gasteiger partial charge in [0.2, 0.25) is 0 Å². The van der Waals surface area contributed by atoms with Gasteiger partial charge in [0, 0.05) is 16.2 Å². The Morgan fingerprint density at radius 3 is 2.48 bits per heavy atom. The van der Waals surface area contributed by atoms with Crippen molar-refractivity contribution >= 4 is 33.7 Å². The molecule has 2 aromatic heterocycles. The summed E-state index contributed by atoms with van der Waals surface area (Å²) >= 11 is 2.78. The predicted molar refractivity (Wildman–Crippen MR) is 109 cm³/mol. The molecule has 3 aromatic rings. The Morgan fingerprint density at radius 1 is 1.07 bits per heavy atom. The van der Waals surface area contributed by atoms with E-state index in [1.807, 2.05) is 23.6 Å². The van der Waals surface area contributed by atoms with E-state index in [2.05, 4.69) is 36.1 Å². The zero-order chi connectivity index (χ0) is 19.6. The van der Waals surface area contributed by atoms with Crippen LogP contribution in [0.15, 0.2) is 29.0 Å². The Morgan fingerprint density at radius 2 is 1.85 bits per heavy atom. The third-order valence-corrected chi connectivity index (χ3v) is 5.50. The van der Waals surface area contributed by atoms with Gasteiger partial charge in [-0.3, -0.25) is 10.1 Å². The molecule has 0 fully saturated rings. The van der Waals surface area contributed by atoms with Crippen LogP contribution in [-0.4, -0.2) is 30.1 Å². The molecule has 0 radical (unpaired) electrons. The van der Waals surface area contributed by atoms with Gasteiger partial charge in [-0.15, -0.1) is 22.7 Å². The second-order valence-corrected chi connectivity index (χ2v) is 8.54. The van der Waals surface area contributed by atoms with Crippen molar-refractivity contribution in [3.8, 4) is 22.1 Å². The lowest BCUT2D eigenvalue weighted by Crippen LogP contribution is -2.14. The minimum Gasteiger partial charge on any atom is -0.493 e. The van der Waals surface area contributed by atoms with E-state index in [0.717, 1.165) is 11.3 Å². The average molecular weight is 404 g/mol. The van der Waals surface area contributed by atoms with Crippen molar-refractivity contribution in [2.24, 2.45) is 0 Å². The number of benzene rings is 1. The number of amides is 1. The molecule has 0 saturated carbocycles. The number of ether oxygens (including phenoxy) is 2. The molecule has 0 aliphatic rings. The van der Waals surface area contributed by atoms with E-state index in [1.54, 1.807) is 19.6 Å². The summed E-state index contributed by atoms with van der Waals surface area (Å²) in [7, 11) is 3.17. The Bertz CT molecular complexity index is 957. The van der Waals surface area contributed by atoms with Crippen molar-refractivity contribution in [3.63, 3.8) is 0 Å². The number of hydrogen-bond donors (Lipinski definition) is 1. The SMILES string of the molecule is COc1cccc(-c2nc(C(=O)Nc3nc(C(C)(C)C)cs3)cs2)c1OC. The molecular weight excluding hydrogens is 382 g/mol. The Balaban J connectivity index is 1.82. The smallest absolute Gasteiger partial charge is 0.276 e. The molecule has 27 heavy (non-hydrogen) atoms. The zero-order valence-corrected chi connectivity index (χ0v) is 17.5. The second-order valence-electron chi connectivity index (χ2n) is 6.82. The van der Waals surface area contributed by atoms with Gasteiger partial charge in [0.15, 0.2) is 16.6 Å². The number of rotatable bonds is 5. The number of nitrogens with one attached hydrogen (secondary N) is 1. The first-order valence-electron chi connectivity index (χ1n) is 8.27. The summed E-state index contributed by atoms with van der Waals surface area (Å²) < 4.78 is 10.8. The number of methoxy groups -OCH3 is 2. The number of anilines is 1. The van der Waals surface area contributed by atoms with E-state index in [0.29, 0.717) is 27.3 Å². The van der Waals surface area contributed by atoms with Gasteiger partial charge in [0.25, 0.3) is 5.91 Å². The zero-order valence-electron chi connectivity index (χ0n) is 15.8. The monoisotopic (exact) mass is 403 g/mol. The highest BCUT2D eigenvalue weighted by Crippen LogP contribution is 2.39. The van der Waals surface area contributed by atoms with Crippen LogP contribution in [0.25, 0.3) is 10.6 Å². The van der Waals surface area contributed by atoms with Crippen LogP contribution in [0.2, 0.25) is 0 Å². The Hall–Kier alpha value is -2.45. The number of nitrogens with zero attached hydrogens (tertiary/aromatic N) is 2. The van der Waals surface area contributed by atoms with E-state index in [9.17, 15) is 4.79 Å². The number of hydrogen-bond acceptors (Lipinski definition) is 7. The number of aromatic nitrogens is 2. The first-order valence-corrected chi connectivity index (χ1v) is 10.0. The fourth-order valence-electron chi connectivity index (χ4n) is 2.39. The highest BCUT2D eigenvalue weighted by atomic mass is 32.1. The van der Waals surface area contributed by atoms with Crippen molar-refractivity contribution in [3.05, 3.63) is 40.3 Å². The summed E-state index contributed by atoms with van der Waals surface area (Å²) in [5.74, 6) is 0.930. The third kappa shape index (κ3) is 4.12. The first kappa shape index (κ1) is 19.3. The maximum Gasteiger partial charge on any atom is 0.276 e. The van der Waals surface area contributed by atoms with E-state index in [4.69, 9.17) is 9.47 Å². The van der Waals surface area contributed by atoms with Crippen LogP contribution in [0.3, 0.4) is 0 Å². The van der Waals surface area contributed by atoms with Gasteiger partial charge < -0.3 is 9.47 Å². The van der Waals surface area contributed by atoms with Crippen LogP contribution >= 0.6 is 22.7 Å². The van der Waals surface area contributed by atoms with Crippen molar-refractivity contribution in [1.29, 1.82) is 0 Å². The molecule has 0 bridgehead atoms. The standard InChI is InChI=1S/C19H21N3O3S2/c1-19(2,3)14-10-27-18(21-14)22-16(23)12-9-26-17(20-12)11-7-6-8-13(24-4)15(11)25-5/h6-10H,1-5H3,(H,21,22,23). The lowest BCUT2D eigenvalue weighted by Gasteiger charge is -2.14. The van der Waals surface area contributed by atoms with Crippen LogP contribution in [0.4, 0.5) is 5.13 Å². The molecule has 142 valence electrons. The van der Waals surface area contributed by atoms with E-state index >= 15 is 0 Å². The lowest BCUT2D eigenvalue weighted by atomic mass is 9.93. The van der Waals surface area contributed by atoms with E-state index < -0.39 is 0 Å². The first-order chi connectivity index (χ1) is 12.8. The molecule has 0 saturated heterocycles. The van der Waals surface area contributed by atoms with Crippen molar-refractivity contribution < 1.29 is 14.3 Å². The molecule has 0 aliphatic heterocycles. The number of para-hydroxylation sites is 1. The molecule has 8 heteroatoms. The molecule has 6 nitrogen and oxygen atoms in total. The van der Waals surface area contributed by atoms with Crippen LogP contribution in [0.5, 0.6) is 11.5 Å². The largest absolute Gasteiger partial charge is 0.493 e. The average Bonchev–Trinajstić information content (AvgIpc) is 3.30. The molecule has 2 heterocycles. The molecule has 1 aromatic carbocycles. The van der Waals surface area contributed by atoms with Crippen molar-refractivity contribution in [2.45, 2.75) is 26.2 Å². The molecule has 1 amide bonds. The summed E-state index contributed by atoms with van der Waals surface area (Å²) in [6, 6.07) is 5.57. The minimum atomic E-state index is -0.283. The van der Waals surface area contributed by atoms with Gasteiger partial charge in [0.1, 0.15) is 10.7 Å². The highest BCUT2D eigenvalue weighted by Gasteiger charge is 2.20. The summed E-state index contributed by atoms with van der Waals surface area (Å²) in [5.41, 5.74) is 2.01. The molecule has 0 aliphatic carbocycles. The number of carbonyl (C=O) groups is 1. The minimum absolute atomic E-state index is 0.0593. The fourth-order valence-corrected chi connectivity index (χ4v) is 4.15. The van der Waals surface area contributed by atoms with Gasteiger partial charge in [-0.05, 0) is 12.1 Å². The van der Waals surface area contributed by atoms with Gasteiger partial charge in [-0.25, -0.2) is 9.97 Å². The van der Waals surface area contributed by atoms with Gasteiger partial charge in [0.05, 0.1) is 25.5 Å². The van der Waals surface area contributed by atoms with E-state index in [-0.39, 0.29) is 11.3 Å². The fraction of sp³-hybridized carbons (Fsp3) is 0.316. The molecule has 1 N–H and O–H groups in total. The van der Waals surface area contributed by atoms with Crippen molar-refractivity contribution in [1.82, 2.24) is 9.97 Å². The van der Waals surface area contributed by atoms with Gasteiger partial charge >= 0.3 is 0 Å². The van der Waals surface area contributed by atoms with E-state index in [1.165, 1.54) is 22.7 Å². The summed E-state index contributed by atoms with van der Waals surface area (Å²) in [5, 5.41) is 7.76. The molecule has 0 spiro atoms. The molecular formula is C19H21N3O3S2. The van der Waals surface area contributed by atoms with Crippen molar-refractivity contribution in [2.75, 3.05) is 19.5 Å². The summed E-state index contributed by atoms with van der Waals surface area (Å²) in [6.07, 6.45) is 0.